The fraction of sp³-hybridized carbons (Fsp3) is 0. The first-order chi connectivity index (χ1) is 12.5. The zero-order chi connectivity index (χ0) is 17.7. The van der Waals surface area contributed by atoms with Crippen LogP contribution in [-0.4, -0.2) is 21.6 Å². The van der Waals surface area contributed by atoms with E-state index in [1.54, 1.807) is 44.9 Å². The summed E-state index contributed by atoms with van der Waals surface area (Å²) in [5, 5.41) is 0. The van der Waals surface area contributed by atoms with Gasteiger partial charge >= 0.3 is 0 Å². The van der Waals surface area contributed by atoms with E-state index >= 15 is 0 Å². The molecule has 4 nitrogen and oxygen atoms in total. The van der Waals surface area contributed by atoms with Gasteiger partial charge in [0.25, 0.3) is 11.8 Å². The fourth-order valence-electron chi connectivity index (χ4n) is 3.74. The molecule has 4 aliphatic rings. The molecule has 8 heteroatoms. The third-order valence-corrected chi connectivity index (χ3v) is 8.09. The zero-order valence-electron chi connectivity index (χ0n) is 12.7. The molecule has 6 rings (SSSR count). The number of carbonyl (C=O) groups is 2. The van der Waals surface area contributed by atoms with Crippen LogP contribution in [0.25, 0.3) is 23.5 Å². The Hall–Kier alpha value is -1.74. The summed E-state index contributed by atoms with van der Waals surface area (Å²) in [6.45, 7) is 0. The van der Waals surface area contributed by atoms with Crippen molar-refractivity contribution in [2.24, 2.45) is 0 Å². The SMILES string of the molecule is O=C1C2=C3c4sc(Br)cc4C=CN3C(=O)C2=C2c3sc(Br)cc3C=CN12. The Bertz CT molecular complexity index is 1120. The van der Waals surface area contributed by atoms with Crippen molar-refractivity contribution in [2.45, 2.75) is 0 Å². The molecule has 0 bridgehead atoms. The molecule has 0 aromatic carbocycles. The molecule has 0 unspecified atom stereocenters. The quantitative estimate of drug-likeness (QED) is 0.499. The first-order valence-corrected chi connectivity index (χ1v) is 10.9. The maximum absolute atomic E-state index is 13.2. The van der Waals surface area contributed by atoms with E-state index in [0.29, 0.717) is 22.5 Å². The van der Waals surface area contributed by atoms with Gasteiger partial charge in [0.1, 0.15) is 0 Å². The number of halogens is 2. The van der Waals surface area contributed by atoms with E-state index in [2.05, 4.69) is 31.9 Å². The predicted molar refractivity (Wildman–Crippen MR) is 110 cm³/mol. The number of hydrogen-bond donors (Lipinski definition) is 0. The van der Waals surface area contributed by atoms with Gasteiger partial charge < -0.3 is 0 Å². The lowest BCUT2D eigenvalue weighted by molar-refractivity contribution is -0.122. The van der Waals surface area contributed by atoms with Crippen molar-refractivity contribution in [1.82, 2.24) is 9.80 Å². The summed E-state index contributed by atoms with van der Waals surface area (Å²) in [7, 11) is 0. The van der Waals surface area contributed by atoms with Gasteiger partial charge in [0, 0.05) is 12.4 Å². The highest BCUT2D eigenvalue weighted by molar-refractivity contribution is 9.11. The molecule has 0 radical (unpaired) electrons. The van der Waals surface area contributed by atoms with Gasteiger partial charge in [-0.2, -0.15) is 0 Å². The first kappa shape index (κ1) is 15.3. The molecule has 2 aromatic rings. The van der Waals surface area contributed by atoms with Gasteiger partial charge in [-0.25, -0.2) is 0 Å². The molecule has 26 heavy (non-hydrogen) atoms. The fourth-order valence-corrected chi connectivity index (χ4v) is 7.05. The molecule has 126 valence electrons. The molecule has 4 aliphatic heterocycles. The van der Waals surface area contributed by atoms with Crippen molar-refractivity contribution in [1.29, 1.82) is 0 Å². The molecule has 2 aromatic heterocycles. The second-order valence-electron chi connectivity index (χ2n) is 6.10. The van der Waals surface area contributed by atoms with E-state index in [1.807, 2.05) is 24.3 Å². The standard InChI is InChI=1S/C18H6Br2N2O2S2/c19-9-5-7-1-3-21-13(15(7)25-9)11-12(17(21)23)14-16-8(6-10(20)26-16)2-4-22(14)18(11)24/h1-6H. The topological polar surface area (TPSA) is 40.6 Å². The molecular weight excluding hydrogens is 500 g/mol. The Morgan fingerprint density at radius 2 is 1.15 bits per heavy atom. The number of nitrogens with zero attached hydrogens (tertiary/aromatic N) is 2. The number of carbonyl (C=O) groups excluding carboxylic acids is 2. The van der Waals surface area contributed by atoms with Crippen molar-refractivity contribution >= 4 is 89.9 Å². The van der Waals surface area contributed by atoms with Crippen LogP contribution in [0.5, 0.6) is 0 Å². The van der Waals surface area contributed by atoms with Gasteiger partial charge in [0.15, 0.2) is 0 Å². The van der Waals surface area contributed by atoms with Crippen LogP contribution >= 0.6 is 54.5 Å². The Morgan fingerprint density at radius 3 is 1.58 bits per heavy atom. The number of fused-ring (bicyclic) bond motifs is 7. The van der Waals surface area contributed by atoms with Crippen LogP contribution in [0.3, 0.4) is 0 Å². The van der Waals surface area contributed by atoms with Crippen molar-refractivity contribution in [3.8, 4) is 0 Å². The largest absolute Gasteiger partial charge is 0.281 e. The Balaban J connectivity index is 1.71. The third kappa shape index (κ3) is 1.73. The van der Waals surface area contributed by atoms with Crippen LogP contribution in [0, 0.1) is 0 Å². The normalized spacial score (nSPS) is 19.3. The Kier molecular flexibility index (Phi) is 2.92. The van der Waals surface area contributed by atoms with E-state index in [0.717, 1.165) is 28.5 Å². The zero-order valence-corrected chi connectivity index (χ0v) is 17.6. The smallest absolute Gasteiger partial charge is 0.265 e. The second-order valence-corrected chi connectivity index (χ2v) is 11.0. The molecular formula is C18H6Br2N2O2S2. The average Bonchev–Trinajstić information content (AvgIpc) is 3.30. The summed E-state index contributed by atoms with van der Waals surface area (Å²) >= 11 is 10.1. The van der Waals surface area contributed by atoms with Crippen LogP contribution in [0.1, 0.15) is 20.9 Å². The van der Waals surface area contributed by atoms with E-state index in [9.17, 15) is 9.59 Å². The highest BCUT2D eigenvalue weighted by atomic mass is 79.9. The van der Waals surface area contributed by atoms with E-state index < -0.39 is 0 Å². The van der Waals surface area contributed by atoms with Crippen molar-refractivity contribution in [3.05, 3.63) is 64.1 Å². The minimum Gasteiger partial charge on any atom is -0.281 e. The molecule has 0 spiro atoms. The molecule has 0 saturated carbocycles. The monoisotopic (exact) mass is 504 g/mol. The summed E-state index contributed by atoms with van der Waals surface area (Å²) in [5.41, 5.74) is 4.46. The summed E-state index contributed by atoms with van der Waals surface area (Å²) in [5.74, 6) is -0.281. The lowest BCUT2D eigenvalue weighted by Gasteiger charge is -2.24. The molecule has 0 fully saturated rings. The summed E-state index contributed by atoms with van der Waals surface area (Å²) < 4.78 is 1.95. The van der Waals surface area contributed by atoms with Crippen LogP contribution in [-0.2, 0) is 9.59 Å². The molecule has 0 saturated heterocycles. The predicted octanol–water partition coefficient (Wildman–Crippen LogP) is 5.11. The van der Waals surface area contributed by atoms with Crippen LogP contribution < -0.4 is 0 Å². The van der Waals surface area contributed by atoms with Crippen molar-refractivity contribution in [2.75, 3.05) is 0 Å². The van der Waals surface area contributed by atoms with Gasteiger partial charge in [-0.05, 0) is 67.3 Å². The molecule has 0 atom stereocenters. The van der Waals surface area contributed by atoms with Gasteiger partial charge in [-0.15, -0.1) is 22.7 Å². The van der Waals surface area contributed by atoms with Gasteiger partial charge in [-0.1, -0.05) is 0 Å². The maximum atomic E-state index is 13.2. The summed E-state index contributed by atoms with van der Waals surface area (Å²) in [6.07, 6.45) is 7.36. The molecule has 6 heterocycles. The lowest BCUT2D eigenvalue weighted by atomic mass is 10.0. The number of hydrogen-bond acceptors (Lipinski definition) is 4. The molecule has 0 aliphatic carbocycles. The minimum absolute atomic E-state index is 0.141. The molecule has 0 N–H and O–H groups in total. The summed E-state index contributed by atoms with van der Waals surface area (Å²) in [4.78, 5) is 31.5. The van der Waals surface area contributed by atoms with E-state index in [1.165, 1.54) is 0 Å². The minimum atomic E-state index is -0.141. The maximum Gasteiger partial charge on any atom is 0.265 e. The third-order valence-electron chi connectivity index (χ3n) is 4.77. The van der Waals surface area contributed by atoms with Crippen LogP contribution in [0.2, 0.25) is 0 Å². The van der Waals surface area contributed by atoms with E-state index in [-0.39, 0.29) is 11.8 Å². The summed E-state index contributed by atoms with van der Waals surface area (Å²) in [6, 6.07) is 4.02. The average molecular weight is 506 g/mol. The Labute approximate surface area is 172 Å². The van der Waals surface area contributed by atoms with Gasteiger partial charge in [-0.3, -0.25) is 19.4 Å². The van der Waals surface area contributed by atoms with Crippen LogP contribution in [0.15, 0.2) is 43.3 Å². The van der Waals surface area contributed by atoms with E-state index in [4.69, 9.17) is 0 Å². The number of rotatable bonds is 0. The van der Waals surface area contributed by atoms with Gasteiger partial charge in [0.2, 0.25) is 0 Å². The Morgan fingerprint density at radius 1 is 0.731 bits per heavy atom. The molecule has 2 amide bonds. The van der Waals surface area contributed by atoms with Crippen LogP contribution in [0.4, 0.5) is 0 Å². The van der Waals surface area contributed by atoms with Gasteiger partial charge in [0.05, 0.1) is 39.9 Å². The lowest BCUT2D eigenvalue weighted by Crippen LogP contribution is -2.25. The number of thiophene rings is 2. The number of amides is 2. The van der Waals surface area contributed by atoms with Crippen molar-refractivity contribution < 1.29 is 9.59 Å². The highest BCUT2D eigenvalue weighted by Gasteiger charge is 2.50. The first-order valence-electron chi connectivity index (χ1n) is 7.66. The van der Waals surface area contributed by atoms with Crippen molar-refractivity contribution in [3.63, 3.8) is 0 Å². The highest BCUT2D eigenvalue weighted by Crippen LogP contribution is 2.53. The second kappa shape index (κ2) is 4.95.